The summed E-state index contributed by atoms with van der Waals surface area (Å²) in [5.74, 6) is 0.603. The van der Waals surface area contributed by atoms with Crippen molar-refractivity contribution >= 4 is 35.2 Å². The van der Waals surface area contributed by atoms with Gasteiger partial charge in [0, 0.05) is 28.4 Å². The molecule has 1 heterocycles. The number of nitrogens with one attached hydrogen (secondary N) is 1. The summed E-state index contributed by atoms with van der Waals surface area (Å²) in [6, 6.07) is 21.2. The van der Waals surface area contributed by atoms with Gasteiger partial charge < -0.3 is 10.1 Å². The Morgan fingerprint density at radius 3 is 2.10 bits per heavy atom. The van der Waals surface area contributed by atoms with E-state index in [4.69, 9.17) is 4.74 Å². The molecular formula is C24H20N2O4S. The lowest BCUT2D eigenvalue weighted by molar-refractivity contribution is 0.0664. The molecule has 156 valence electrons. The zero-order valence-electron chi connectivity index (χ0n) is 16.8. The molecule has 1 N–H and O–H groups in total. The van der Waals surface area contributed by atoms with Crippen molar-refractivity contribution in [3.63, 3.8) is 0 Å². The molecule has 3 aromatic carbocycles. The van der Waals surface area contributed by atoms with Crippen LogP contribution in [0.4, 0.5) is 5.69 Å². The SMILES string of the molecule is COc1ccc(C(=O)Nc2ccc(SCCN3C(=O)c4ccccc4C3=O)cc2)cc1. The van der Waals surface area contributed by atoms with Crippen molar-refractivity contribution in [2.45, 2.75) is 4.90 Å². The number of anilines is 1. The number of amides is 3. The van der Waals surface area contributed by atoms with Gasteiger partial charge in [-0.1, -0.05) is 12.1 Å². The zero-order valence-corrected chi connectivity index (χ0v) is 17.6. The minimum Gasteiger partial charge on any atom is -0.497 e. The third-order valence-electron chi connectivity index (χ3n) is 4.93. The van der Waals surface area contributed by atoms with Crippen LogP contribution in [-0.4, -0.2) is 42.0 Å². The summed E-state index contributed by atoms with van der Waals surface area (Å²) < 4.78 is 5.10. The van der Waals surface area contributed by atoms with Crippen LogP contribution in [-0.2, 0) is 0 Å². The molecule has 31 heavy (non-hydrogen) atoms. The average Bonchev–Trinajstić information content (AvgIpc) is 3.05. The standard InChI is InChI=1S/C24H20N2O4S/c1-30-18-10-6-16(7-11-18)22(27)25-17-8-12-19(13-9-17)31-15-14-26-23(28)20-4-2-3-5-21(20)24(26)29/h2-13H,14-15H2,1H3,(H,25,27). The van der Waals surface area contributed by atoms with Crippen molar-refractivity contribution in [2.75, 3.05) is 24.7 Å². The Kier molecular flexibility index (Phi) is 6.04. The molecule has 0 bridgehead atoms. The minimum absolute atomic E-state index is 0.200. The van der Waals surface area contributed by atoms with Crippen LogP contribution >= 0.6 is 11.8 Å². The quantitative estimate of drug-likeness (QED) is 0.444. The Bertz CT molecular complexity index is 1090. The maximum Gasteiger partial charge on any atom is 0.261 e. The fourth-order valence-corrected chi connectivity index (χ4v) is 4.12. The molecule has 0 fully saturated rings. The molecule has 0 radical (unpaired) electrons. The highest BCUT2D eigenvalue weighted by molar-refractivity contribution is 7.99. The molecule has 1 aliphatic heterocycles. The van der Waals surface area contributed by atoms with Crippen molar-refractivity contribution in [1.29, 1.82) is 0 Å². The second-order valence-electron chi connectivity index (χ2n) is 6.86. The lowest BCUT2D eigenvalue weighted by Gasteiger charge is -2.13. The lowest BCUT2D eigenvalue weighted by Crippen LogP contribution is -2.31. The van der Waals surface area contributed by atoms with E-state index in [9.17, 15) is 14.4 Å². The Balaban J connectivity index is 1.29. The predicted molar refractivity (Wildman–Crippen MR) is 120 cm³/mol. The van der Waals surface area contributed by atoms with Crippen LogP contribution in [0.3, 0.4) is 0 Å². The molecule has 4 rings (SSSR count). The first-order valence-corrected chi connectivity index (χ1v) is 10.7. The van der Waals surface area contributed by atoms with Gasteiger partial charge in [-0.25, -0.2) is 0 Å². The highest BCUT2D eigenvalue weighted by atomic mass is 32.2. The van der Waals surface area contributed by atoms with Crippen LogP contribution in [0.15, 0.2) is 77.7 Å². The third kappa shape index (κ3) is 4.46. The van der Waals surface area contributed by atoms with Crippen molar-refractivity contribution in [1.82, 2.24) is 4.90 Å². The third-order valence-corrected chi connectivity index (χ3v) is 5.92. The molecule has 1 aliphatic rings. The Labute approximate surface area is 184 Å². The number of carbonyl (C=O) groups is 3. The number of ether oxygens (including phenoxy) is 1. The van der Waals surface area contributed by atoms with Gasteiger partial charge in [-0.05, 0) is 60.7 Å². The van der Waals surface area contributed by atoms with Crippen LogP contribution in [0.5, 0.6) is 5.75 Å². The summed E-state index contributed by atoms with van der Waals surface area (Å²) in [7, 11) is 1.58. The predicted octanol–water partition coefficient (Wildman–Crippen LogP) is 4.34. The van der Waals surface area contributed by atoms with Gasteiger partial charge in [0.25, 0.3) is 17.7 Å². The zero-order chi connectivity index (χ0) is 21.8. The average molecular weight is 433 g/mol. The smallest absolute Gasteiger partial charge is 0.261 e. The van der Waals surface area contributed by atoms with E-state index < -0.39 is 0 Å². The molecule has 0 aliphatic carbocycles. The van der Waals surface area contributed by atoms with Gasteiger partial charge in [0.15, 0.2) is 0 Å². The second kappa shape index (κ2) is 9.06. The van der Waals surface area contributed by atoms with Gasteiger partial charge in [-0.15, -0.1) is 11.8 Å². The van der Waals surface area contributed by atoms with Gasteiger partial charge in [-0.3, -0.25) is 19.3 Å². The van der Waals surface area contributed by atoms with Crippen LogP contribution in [0.2, 0.25) is 0 Å². The summed E-state index contributed by atoms with van der Waals surface area (Å²) in [5.41, 5.74) is 2.16. The fourth-order valence-electron chi connectivity index (χ4n) is 3.28. The lowest BCUT2D eigenvalue weighted by atomic mass is 10.1. The first kappa shape index (κ1) is 20.7. The van der Waals surface area contributed by atoms with Crippen molar-refractivity contribution in [3.05, 3.63) is 89.5 Å². The highest BCUT2D eigenvalue weighted by Crippen LogP contribution is 2.25. The van der Waals surface area contributed by atoms with E-state index in [0.717, 1.165) is 4.90 Å². The van der Waals surface area contributed by atoms with Crippen molar-refractivity contribution in [2.24, 2.45) is 0 Å². The number of methoxy groups -OCH3 is 1. The number of nitrogens with zero attached hydrogens (tertiary/aromatic N) is 1. The van der Waals surface area contributed by atoms with E-state index in [1.807, 2.05) is 24.3 Å². The number of rotatable bonds is 7. The number of hydrogen-bond donors (Lipinski definition) is 1. The van der Waals surface area contributed by atoms with Gasteiger partial charge in [-0.2, -0.15) is 0 Å². The van der Waals surface area contributed by atoms with Crippen molar-refractivity contribution < 1.29 is 19.1 Å². The molecule has 0 unspecified atom stereocenters. The molecule has 0 atom stereocenters. The molecular weight excluding hydrogens is 412 g/mol. The first-order chi connectivity index (χ1) is 15.1. The molecule has 0 aromatic heterocycles. The van der Waals surface area contributed by atoms with Crippen LogP contribution in [0.1, 0.15) is 31.1 Å². The molecule has 0 saturated heterocycles. The Morgan fingerprint density at radius 2 is 1.52 bits per heavy atom. The van der Waals surface area contributed by atoms with Crippen molar-refractivity contribution in [3.8, 4) is 5.75 Å². The van der Waals surface area contributed by atoms with Crippen LogP contribution in [0.25, 0.3) is 0 Å². The topological polar surface area (TPSA) is 75.7 Å². The number of benzene rings is 3. The maximum atomic E-state index is 12.4. The highest BCUT2D eigenvalue weighted by Gasteiger charge is 2.34. The van der Waals surface area contributed by atoms with Gasteiger partial charge >= 0.3 is 0 Å². The first-order valence-electron chi connectivity index (χ1n) is 9.70. The number of carbonyl (C=O) groups excluding carboxylic acids is 3. The van der Waals surface area contributed by atoms with Gasteiger partial charge in [0.2, 0.25) is 0 Å². The van der Waals surface area contributed by atoms with Crippen LogP contribution in [0, 0.1) is 0 Å². The number of thioether (sulfide) groups is 1. The minimum atomic E-state index is -0.238. The molecule has 3 aromatic rings. The van der Waals surface area contributed by atoms with E-state index in [1.165, 1.54) is 4.90 Å². The van der Waals surface area contributed by atoms with E-state index in [0.29, 0.717) is 40.4 Å². The molecule has 0 saturated carbocycles. The van der Waals surface area contributed by atoms with E-state index in [-0.39, 0.29) is 17.7 Å². The summed E-state index contributed by atoms with van der Waals surface area (Å²) >= 11 is 1.55. The largest absolute Gasteiger partial charge is 0.497 e. The van der Waals surface area contributed by atoms with E-state index in [2.05, 4.69) is 5.32 Å². The number of fused-ring (bicyclic) bond motifs is 1. The second-order valence-corrected chi connectivity index (χ2v) is 8.03. The fraction of sp³-hybridized carbons (Fsp3) is 0.125. The monoisotopic (exact) mass is 432 g/mol. The Hall–Kier alpha value is -3.58. The van der Waals surface area contributed by atoms with E-state index >= 15 is 0 Å². The summed E-state index contributed by atoms with van der Waals surface area (Å²) in [5, 5.41) is 2.86. The summed E-state index contributed by atoms with van der Waals surface area (Å²) in [4.78, 5) is 39.4. The number of imide groups is 1. The summed E-state index contributed by atoms with van der Waals surface area (Å²) in [6.45, 7) is 0.340. The summed E-state index contributed by atoms with van der Waals surface area (Å²) in [6.07, 6.45) is 0. The number of hydrogen-bond acceptors (Lipinski definition) is 5. The van der Waals surface area contributed by atoms with E-state index in [1.54, 1.807) is 67.4 Å². The maximum absolute atomic E-state index is 12.4. The molecule has 3 amide bonds. The Morgan fingerprint density at radius 1 is 0.903 bits per heavy atom. The molecule has 0 spiro atoms. The molecule has 7 heteroatoms. The van der Waals surface area contributed by atoms with Gasteiger partial charge in [0.05, 0.1) is 18.2 Å². The normalized spacial score (nSPS) is 12.6. The van der Waals surface area contributed by atoms with Crippen LogP contribution < -0.4 is 10.1 Å². The van der Waals surface area contributed by atoms with Gasteiger partial charge in [0.1, 0.15) is 5.75 Å². The molecule has 6 nitrogen and oxygen atoms in total.